The van der Waals surface area contributed by atoms with Crippen molar-refractivity contribution in [3.05, 3.63) is 46.5 Å². The van der Waals surface area contributed by atoms with Crippen molar-refractivity contribution in [1.29, 1.82) is 0 Å². The Labute approximate surface area is 127 Å². The number of hydrogen-bond donors (Lipinski definition) is 0. The molecular weight excluding hydrogens is 318 g/mol. The second kappa shape index (κ2) is 6.09. The van der Waals surface area contributed by atoms with Crippen LogP contribution in [0.2, 0.25) is 5.15 Å². The van der Waals surface area contributed by atoms with E-state index in [2.05, 4.69) is 11.6 Å². The second-order valence-electron chi connectivity index (χ2n) is 4.12. The van der Waals surface area contributed by atoms with Crippen LogP contribution < -0.4 is 0 Å². The largest absolute Gasteiger partial charge is 0.324 e. The van der Waals surface area contributed by atoms with E-state index in [0.29, 0.717) is 0 Å². The first kappa shape index (κ1) is 15.2. The van der Waals surface area contributed by atoms with E-state index in [1.807, 2.05) is 17.5 Å². The smallest absolute Gasteiger partial charge is 0.264 e. The van der Waals surface area contributed by atoms with Crippen LogP contribution in [0.3, 0.4) is 0 Å². The Morgan fingerprint density at radius 3 is 2.85 bits per heavy atom. The summed E-state index contributed by atoms with van der Waals surface area (Å²) in [7, 11) is -2.10. The fourth-order valence-electron chi connectivity index (χ4n) is 1.66. The van der Waals surface area contributed by atoms with Crippen molar-refractivity contribution in [2.75, 3.05) is 6.54 Å². The molecule has 0 aliphatic carbocycles. The SMILES string of the molecule is C=CCN(Cc1cccs1)S(=O)(=O)c1ncn(C)c1Cl. The molecule has 2 heterocycles. The lowest BCUT2D eigenvalue weighted by Gasteiger charge is -2.18. The molecule has 0 aliphatic heterocycles. The second-order valence-corrected chi connectivity index (χ2v) is 7.36. The lowest BCUT2D eigenvalue weighted by molar-refractivity contribution is 0.439. The first-order chi connectivity index (χ1) is 9.46. The van der Waals surface area contributed by atoms with Gasteiger partial charge in [0.1, 0.15) is 5.15 Å². The molecule has 0 radical (unpaired) electrons. The number of rotatable bonds is 6. The van der Waals surface area contributed by atoms with Crippen molar-refractivity contribution in [2.24, 2.45) is 7.05 Å². The summed E-state index contributed by atoms with van der Waals surface area (Å²) in [5.41, 5.74) is 0. The van der Waals surface area contributed by atoms with Crippen molar-refractivity contribution in [2.45, 2.75) is 11.6 Å². The quantitative estimate of drug-likeness (QED) is 0.764. The zero-order valence-corrected chi connectivity index (χ0v) is 13.2. The molecule has 108 valence electrons. The maximum atomic E-state index is 12.6. The van der Waals surface area contributed by atoms with Crippen LogP contribution >= 0.6 is 22.9 Å². The highest BCUT2D eigenvalue weighted by atomic mass is 35.5. The number of nitrogens with zero attached hydrogens (tertiary/aromatic N) is 3. The molecule has 8 heteroatoms. The van der Waals surface area contributed by atoms with E-state index in [0.717, 1.165) is 4.88 Å². The van der Waals surface area contributed by atoms with E-state index in [4.69, 9.17) is 11.6 Å². The van der Waals surface area contributed by atoms with E-state index in [9.17, 15) is 8.42 Å². The average Bonchev–Trinajstić information content (AvgIpc) is 3.01. The van der Waals surface area contributed by atoms with E-state index in [-0.39, 0.29) is 23.3 Å². The third-order valence-corrected chi connectivity index (χ3v) is 5.83. The number of thiophene rings is 1. The Morgan fingerprint density at radius 1 is 1.60 bits per heavy atom. The van der Waals surface area contributed by atoms with Crippen LogP contribution in [-0.4, -0.2) is 28.8 Å². The van der Waals surface area contributed by atoms with Gasteiger partial charge in [0.15, 0.2) is 0 Å². The van der Waals surface area contributed by atoms with Crippen LogP contribution in [0.1, 0.15) is 4.88 Å². The fraction of sp³-hybridized carbons (Fsp3) is 0.250. The van der Waals surface area contributed by atoms with Gasteiger partial charge in [-0.1, -0.05) is 23.7 Å². The van der Waals surface area contributed by atoms with Gasteiger partial charge in [-0.05, 0) is 11.4 Å². The number of sulfonamides is 1. The molecule has 5 nitrogen and oxygen atoms in total. The number of imidazole rings is 1. The predicted octanol–water partition coefficient (Wildman–Crippen LogP) is 2.51. The molecule has 20 heavy (non-hydrogen) atoms. The highest BCUT2D eigenvalue weighted by Crippen LogP contribution is 2.24. The van der Waals surface area contributed by atoms with Crippen LogP contribution in [0.15, 0.2) is 41.5 Å². The predicted molar refractivity (Wildman–Crippen MR) is 80.3 cm³/mol. The monoisotopic (exact) mass is 331 g/mol. The van der Waals surface area contributed by atoms with Gasteiger partial charge in [0.05, 0.1) is 6.33 Å². The lowest BCUT2D eigenvalue weighted by Crippen LogP contribution is -2.31. The maximum absolute atomic E-state index is 12.6. The molecule has 0 unspecified atom stereocenters. The van der Waals surface area contributed by atoms with Gasteiger partial charge in [-0.25, -0.2) is 13.4 Å². The molecule has 0 N–H and O–H groups in total. The molecule has 0 bridgehead atoms. The summed E-state index contributed by atoms with van der Waals surface area (Å²) in [6.45, 7) is 4.08. The van der Waals surface area contributed by atoms with E-state index >= 15 is 0 Å². The van der Waals surface area contributed by atoms with Gasteiger partial charge in [-0.2, -0.15) is 4.31 Å². The fourth-order valence-corrected chi connectivity index (χ4v) is 4.24. The molecule has 0 fully saturated rings. The first-order valence-corrected chi connectivity index (χ1v) is 8.47. The molecule has 0 spiro atoms. The molecule has 2 aromatic rings. The standard InChI is InChI=1S/C12H14ClN3O2S2/c1-3-6-16(8-10-5-4-7-19-10)20(17,18)12-11(13)15(2)9-14-12/h3-5,7,9H,1,6,8H2,2H3. The Bertz CT molecular complexity index is 692. The summed E-state index contributed by atoms with van der Waals surface area (Å²) >= 11 is 7.49. The summed E-state index contributed by atoms with van der Waals surface area (Å²) in [5.74, 6) is 0. The Hall–Kier alpha value is -1.15. The van der Waals surface area contributed by atoms with Crippen LogP contribution in [0.25, 0.3) is 0 Å². The molecule has 0 aliphatic rings. The van der Waals surface area contributed by atoms with E-state index < -0.39 is 10.0 Å². The van der Waals surface area contributed by atoms with Crippen LogP contribution in [-0.2, 0) is 23.6 Å². The zero-order chi connectivity index (χ0) is 14.8. The normalized spacial score (nSPS) is 11.9. The van der Waals surface area contributed by atoms with Gasteiger partial charge < -0.3 is 4.57 Å². The Kier molecular flexibility index (Phi) is 4.64. The van der Waals surface area contributed by atoms with Gasteiger partial charge in [-0.15, -0.1) is 17.9 Å². The minimum Gasteiger partial charge on any atom is -0.324 e. The van der Waals surface area contributed by atoms with Gasteiger partial charge in [0.2, 0.25) is 5.03 Å². The van der Waals surface area contributed by atoms with Crippen LogP contribution in [0.4, 0.5) is 0 Å². The number of hydrogen-bond acceptors (Lipinski definition) is 4. The molecule has 0 saturated heterocycles. The third-order valence-electron chi connectivity index (χ3n) is 2.66. The van der Waals surface area contributed by atoms with Gasteiger partial charge in [0.25, 0.3) is 10.0 Å². The minimum atomic E-state index is -3.74. The molecule has 2 rings (SSSR count). The van der Waals surface area contributed by atoms with Crippen LogP contribution in [0, 0.1) is 0 Å². The first-order valence-electron chi connectivity index (χ1n) is 5.77. The number of halogens is 1. The number of aromatic nitrogens is 2. The molecule has 2 aromatic heterocycles. The summed E-state index contributed by atoms with van der Waals surface area (Å²) in [6, 6.07) is 3.77. The summed E-state index contributed by atoms with van der Waals surface area (Å²) in [6.07, 6.45) is 2.93. The minimum absolute atomic E-state index is 0.102. The average molecular weight is 332 g/mol. The summed E-state index contributed by atoms with van der Waals surface area (Å²) < 4.78 is 28.0. The molecule has 0 aromatic carbocycles. The van der Waals surface area contributed by atoms with Crippen LogP contribution in [0.5, 0.6) is 0 Å². The number of aryl methyl sites for hydroxylation is 1. The van der Waals surface area contributed by atoms with Gasteiger partial charge in [-0.3, -0.25) is 0 Å². The van der Waals surface area contributed by atoms with Gasteiger partial charge >= 0.3 is 0 Å². The Morgan fingerprint density at radius 2 is 2.35 bits per heavy atom. The highest BCUT2D eigenvalue weighted by molar-refractivity contribution is 7.89. The molecular formula is C12H14ClN3O2S2. The van der Waals surface area contributed by atoms with E-state index in [1.54, 1.807) is 13.1 Å². The zero-order valence-electron chi connectivity index (χ0n) is 10.9. The summed E-state index contributed by atoms with van der Waals surface area (Å²) in [5, 5.41) is 1.88. The summed E-state index contributed by atoms with van der Waals surface area (Å²) in [4.78, 5) is 4.84. The molecule has 0 amide bonds. The lowest BCUT2D eigenvalue weighted by atomic mass is 10.4. The third kappa shape index (κ3) is 2.95. The van der Waals surface area contributed by atoms with Crippen molar-refractivity contribution >= 4 is 33.0 Å². The van der Waals surface area contributed by atoms with E-state index in [1.165, 1.54) is 26.5 Å². The highest BCUT2D eigenvalue weighted by Gasteiger charge is 2.29. The van der Waals surface area contributed by atoms with Crippen molar-refractivity contribution < 1.29 is 8.42 Å². The van der Waals surface area contributed by atoms with Crippen molar-refractivity contribution in [3.8, 4) is 0 Å². The van der Waals surface area contributed by atoms with Crippen molar-refractivity contribution in [3.63, 3.8) is 0 Å². The van der Waals surface area contributed by atoms with Gasteiger partial charge in [0, 0.05) is 25.0 Å². The maximum Gasteiger partial charge on any atom is 0.264 e. The topological polar surface area (TPSA) is 55.2 Å². The molecule has 0 atom stereocenters. The molecule has 0 saturated carbocycles. The van der Waals surface area contributed by atoms with Crippen molar-refractivity contribution in [1.82, 2.24) is 13.9 Å². The Balaban J connectivity index is 2.37.